The third kappa shape index (κ3) is 5.11. The van der Waals surface area contributed by atoms with Crippen molar-refractivity contribution in [2.24, 2.45) is 0 Å². The number of rotatable bonds is 6. The number of hydrogen-bond donors (Lipinski definition) is 0. The molecular weight excluding hydrogens is 461 g/mol. The van der Waals surface area contributed by atoms with Crippen molar-refractivity contribution >= 4 is 39.3 Å². The first kappa shape index (κ1) is 22.9. The first-order valence-corrected chi connectivity index (χ1v) is 11.9. The summed E-state index contributed by atoms with van der Waals surface area (Å²) in [5.41, 5.74) is 1.03. The lowest BCUT2D eigenvalue weighted by molar-refractivity contribution is -0.129. The van der Waals surface area contributed by atoms with Crippen LogP contribution in [0.5, 0.6) is 0 Å². The molecule has 2 aromatic rings. The lowest BCUT2D eigenvalue weighted by atomic mass is 10.2. The van der Waals surface area contributed by atoms with Gasteiger partial charge in [0.05, 0.1) is 5.75 Å². The fourth-order valence-corrected chi connectivity index (χ4v) is 5.44. The maximum Gasteiger partial charge on any atom is 0.246 e. The monoisotopic (exact) mass is 478 g/mol. The van der Waals surface area contributed by atoms with E-state index in [1.165, 1.54) is 16.7 Å². The van der Waals surface area contributed by atoms with Crippen LogP contribution in [0, 0.1) is 17.5 Å². The molecular formula is C19H18ClF3N2O3S2. The average molecular weight is 479 g/mol. The molecule has 3 rings (SSSR count). The van der Waals surface area contributed by atoms with Crippen molar-refractivity contribution in [3.63, 3.8) is 0 Å². The van der Waals surface area contributed by atoms with Gasteiger partial charge in [-0.3, -0.25) is 4.79 Å². The second kappa shape index (κ2) is 9.59. The van der Waals surface area contributed by atoms with Crippen LogP contribution in [-0.2, 0) is 20.6 Å². The van der Waals surface area contributed by atoms with E-state index in [1.807, 2.05) is 12.1 Å². The lowest BCUT2D eigenvalue weighted by Gasteiger charge is -2.34. The molecule has 5 nitrogen and oxygen atoms in total. The van der Waals surface area contributed by atoms with Crippen LogP contribution in [0.15, 0.2) is 41.3 Å². The van der Waals surface area contributed by atoms with Crippen molar-refractivity contribution in [2.75, 3.05) is 31.9 Å². The van der Waals surface area contributed by atoms with Gasteiger partial charge in [0.2, 0.25) is 15.9 Å². The SMILES string of the molecule is O=C(CSCc1ccc(Cl)cc1)N1CCN(S(=O)(=O)c2ccc(F)c(F)c2F)CC1. The fourth-order valence-electron chi connectivity index (χ4n) is 2.95. The Labute approximate surface area is 181 Å². The second-order valence-corrected chi connectivity index (χ2v) is 9.91. The molecule has 0 N–H and O–H groups in total. The molecule has 0 saturated carbocycles. The zero-order valence-electron chi connectivity index (χ0n) is 15.7. The number of carbonyl (C=O) groups excluding carboxylic acids is 1. The highest BCUT2D eigenvalue weighted by atomic mass is 35.5. The molecule has 1 heterocycles. The molecule has 11 heteroatoms. The number of amides is 1. The molecule has 162 valence electrons. The summed E-state index contributed by atoms with van der Waals surface area (Å²) in [7, 11) is -4.34. The molecule has 0 bridgehead atoms. The second-order valence-electron chi connectivity index (χ2n) is 6.58. The summed E-state index contributed by atoms with van der Waals surface area (Å²) in [6.45, 7) is 0.137. The number of thioether (sulfide) groups is 1. The Kier molecular flexibility index (Phi) is 7.33. The van der Waals surface area contributed by atoms with E-state index >= 15 is 0 Å². The normalized spacial score (nSPS) is 15.4. The van der Waals surface area contributed by atoms with Crippen LogP contribution in [-0.4, -0.2) is 55.5 Å². The Bertz CT molecular complexity index is 1030. The third-order valence-corrected chi connectivity index (χ3v) is 7.77. The predicted molar refractivity (Wildman–Crippen MR) is 109 cm³/mol. The number of benzene rings is 2. The number of hydrogen-bond acceptors (Lipinski definition) is 4. The van der Waals surface area contributed by atoms with E-state index in [0.29, 0.717) is 22.9 Å². The summed E-state index contributed by atoms with van der Waals surface area (Å²) >= 11 is 7.26. The Morgan fingerprint density at radius 3 is 2.23 bits per heavy atom. The van der Waals surface area contributed by atoms with Crippen LogP contribution in [0.3, 0.4) is 0 Å². The van der Waals surface area contributed by atoms with E-state index in [1.54, 1.807) is 12.1 Å². The van der Waals surface area contributed by atoms with Gasteiger partial charge >= 0.3 is 0 Å². The zero-order valence-corrected chi connectivity index (χ0v) is 18.0. The number of carbonyl (C=O) groups is 1. The van der Waals surface area contributed by atoms with Gasteiger partial charge in [-0.2, -0.15) is 4.31 Å². The molecule has 1 fully saturated rings. The van der Waals surface area contributed by atoms with Crippen molar-refractivity contribution < 1.29 is 26.4 Å². The molecule has 30 heavy (non-hydrogen) atoms. The zero-order chi connectivity index (χ0) is 21.9. The summed E-state index contributed by atoms with van der Waals surface area (Å²) in [5.74, 6) is -4.31. The van der Waals surface area contributed by atoms with Crippen molar-refractivity contribution in [3.8, 4) is 0 Å². The van der Waals surface area contributed by atoms with E-state index in [0.717, 1.165) is 9.87 Å². The molecule has 2 aromatic carbocycles. The van der Waals surface area contributed by atoms with Gasteiger partial charge in [0, 0.05) is 37.0 Å². The van der Waals surface area contributed by atoms with Gasteiger partial charge in [0.25, 0.3) is 0 Å². The van der Waals surface area contributed by atoms with Gasteiger partial charge in [-0.15, -0.1) is 11.8 Å². The van der Waals surface area contributed by atoms with Crippen molar-refractivity contribution in [1.82, 2.24) is 9.21 Å². The van der Waals surface area contributed by atoms with Gasteiger partial charge in [-0.05, 0) is 29.8 Å². The standard InChI is InChI=1S/C19H18ClF3N2O3S2/c20-14-3-1-13(2-4-14)11-29-12-17(26)24-7-9-25(10-8-24)30(27,28)16-6-5-15(21)18(22)19(16)23/h1-6H,7-12H2. The molecule has 1 saturated heterocycles. The van der Waals surface area contributed by atoms with E-state index in [2.05, 4.69) is 0 Å². The van der Waals surface area contributed by atoms with Crippen molar-refractivity contribution in [3.05, 3.63) is 64.4 Å². The van der Waals surface area contributed by atoms with E-state index in [4.69, 9.17) is 11.6 Å². The topological polar surface area (TPSA) is 57.7 Å². The highest BCUT2D eigenvalue weighted by molar-refractivity contribution is 7.99. The smallest absolute Gasteiger partial charge is 0.246 e. The molecule has 0 aromatic heterocycles. The van der Waals surface area contributed by atoms with Gasteiger partial charge in [0.1, 0.15) is 4.90 Å². The summed E-state index contributed by atoms with van der Waals surface area (Å²) in [5, 5.41) is 0.635. The first-order chi connectivity index (χ1) is 14.2. The lowest BCUT2D eigenvalue weighted by Crippen LogP contribution is -2.51. The highest BCUT2D eigenvalue weighted by Gasteiger charge is 2.33. The van der Waals surface area contributed by atoms with Crippen LogP contribution in [0.25, 0.3) is 0 Å². The molecule has 1 amide bonds. The van der Waals surface area contributed by atoms with Crippen LogP contribution < -0.4 is 0 Å². The summed E-state index contributed by atoms with van der Waals surface area (Å²) in [4.78, 5) is 13.0. The fraction of sp³-hybridized carbons (Fsp3) is 0.316. The third-order valence-electron chi connectivity index (χ3n) is 4.62. The Morgan fingerprint density at radius 1 is 0.967 bits per heavy atom. The molecule has 1 aliphatic heterocycles. The van der Waals surface area contributed by atoms with Gasteiger partial charge < -0.3 is 4.90 Å². The number of nitrogens with zero attached hydrogens (tertiary/aromatic N) is 2. The minimum atomic E-state index is -4.34. The largest absolute Gasteiger partial charge is 0.339 e. The van der Waals surface area contributed by atoms with Gasteiger partial charge in [0.15, 0.2) is 17.5 Å². The minimum Gasteiger partial charge on any atom is -0.339 e. The Balaban J connectivity index is 1.54. The number of piperazine rings is 1. The van der Waals surface area contributed by atoms with E-state index < -0.39 is 32.4 Å². The van der Waals surface area contributed by atoms with Crippen LogP contribution in [0.4, 0.5) is 13.2 Å². The molecule has 0 atom stereocenters. The van der Waals surface area contributed by atoms with Gasteiger partial charge in [-0.25, -0.2) is 21.6 Å². The van der Waals surface area contributed by atoms with Crippen LogP contribution in [0.2, 0.25) is 5.02 Å². The summed E-state index contributed by atoms with van der Waals surface area (Å²) < 4.78 is 66.6. The van der Waals surface area contributed by atoms with E-state index in [9.17, 15) is 26.4 Å². The molecule has 0 spiro atoms. The van der Waals surface area contributed by atoms with Crippen molar-refractivity contribution in [1.29, 1.82) is 0 Å². The molecule has 0 unspecified atom stereocenters. The van der Waals surface area contributed by atoms with Crippen LogP contribution in [0.1, 0.15) is 5.56 Å². The van der Waals surface area contributed by atoms with Gasteiger partial charge in [-0.1, -0.05) is 23.7 Å². The van der Waals surface area contributed by atoms with E-state index in [-0.39, 0.29) is 37.8 Å². The Morgan fingerprint density at radius 2 is 1.60 bits per heavy atom. The summed E-state index contributed by atoms with van der Waals surface area (Å²) in [6.07, 6.45) is 0. The number of halogens is 4. The van der Waals surface area contributed by atoms with Crippen LogP contribution >= 0.6 is 23.4 Å². The average Bonchev–Trinajstić information content (AvgIpc) is 2.73. The molecule has 0 aliphatic carbocycles. The molecule has 0 radical (unpaired) electrons. The maximum absolute atomic E-state index is 13.9. The molecule has 1 aliphatic rings. The van der Waals surface area contributed by atoms with Crippen molar-refractivity contribution in [2.45, 2.75) is 10.6 Å². The Hall–Kier alpha value is -1.75. The highest BCUT2D eigenvalue weighted by Crippen LogP contribution is 2.24. The predicted octanol–water partition coefficient (Wildman–Crippen LogP) is 3.52. The minimum absolute atomic E-state index is 0.0612. The first-order valence-electron chi connectivity index (χ1n) is 8.94. The quantitative estimate of drug-likeness (QED) is 0.596. The maximum atomic E-state index is 13.9. The number of sulfonamides is 1. The summed E-state index contributed by atoms with van der Waals surface area (Å²) in [6, 6.07) is 8.57.